The van der Waals surface area contributed by atoms with E-state index in [0.29, 0.717) is 5.92 Å². The Hall–Kier alpha value is 0.210. The van der Waals surface area contributed by atoms with Gasteiger partial charge >= 0.3 is 0 Å². The lowest BCUT2D eigenvalue weighted by molar-refractivity contribution is 0.250. The highest BCUT2D eigenvalue weighted by Gasteiger charge is 2.01. The van der Waals surface area contributed by atoms with Gasteiger partial charge in [0.15, 0.2) is 0 Å². The van der Waals surface area contributed by atoms with E-state index < -0.39 is 0 Å². The number of hydrogen-bond donors (Lipinski definition) is 2. The first-order valence-electron chi connectivity index (χ1n) is 3.03. The van der Waals surface area contributed by atoms with Gasteiger partial charge in [-0.2, -0.15) is 0 Å². The minimum absolute atomic E-state index is 0. The Kier molecular flexibility index (Phi) is 8.40. The van der Waals surface area contributed by atoms with Gasteiger partial charge in [0.05, 0.1) is 6.61 Å². The predicted molar refractivity (Wildman–Crippen MR) is 41.8 cm³/mol. The van der Waals surface area contributed by atoms with Crippen molar-refractivity contribution in [1.82, 2.24) is 0 Å². The lowest BCUT2D eigenvalue weighted by Crippen LogP contribution is -2.25. The molecule has 58 valence electrons. The van der Waals surface area contributed by atoms with Crippen molar-refractivity contribution in [1.29, 1.82) is 0 Å². The SMILES string of the molecule is CC(C)C[C@@H](N)CO.Cl. The van der Waals surface area contributed by atoms with Gasteiger partial charge in [0.25, 0.3) is 0 Å². The first-order chi connectivity index (χ1) is 3.66. The van der Waals surface area contributed by atoms with Gasteiger partial charge in [0, 0.05) is 6.04 Å². The number of nitrogens with two attached hydrogens (primary N) is 1. The summed E-state index contributed by atoms with van der Waals surface area (Å²) in [6.45, 7) is 4.29. The van der Waals surface area contributed by atoms with Gasteiger partial charge in [-0.15, -0.1) is 12.4 Å². The molecule has 0 spiro atoms. The Balaban J connectivity index is 0. The summed E-state index contributed by atoms with van der Waals surface area (Å²) in [5.74, 6) is 0.595. The maximum absolute atomic E-state index is 8.46. The standard InChI is InChI=1S/C6H15NO.ClH/c1-5(2)3-6(7)4-8;/h5-6,8H,3-4,7H2,1-2H3;1H/t6-;/m1./s1. The van der Waals surface area contributed by atoms with Gasteiger partial charge in [0.2, 0.25) is 0 Å². The molecule has 0 aromatic heterocycles. The van der Waals surface area contributed by atoms with Crippen LogP contribution >= 0.6 is 12.4 Å². The summed E-state index contributed by atoms with van der Waals surface area (Å²) in [4.78, 5) is 0. The molecule has 0 aliphatic carbocycles. The Bertz CT molecular complexity index is 59.0. The van der Waals surface area contributed by atoms with Gasteiger partial charge in [-0.25, -0.2) is 0 Å². The fourth-order valence-electron chi connectivity index (χ4n) is 0.680. The van der Waals surface area contributed by atoms with Crippen molar-refractivity contribution in [2.24, 2.45) is 11.7 Å². The zero-order valence-electron chi connectivity index (χ0n) is 6.00. The molecule has 0 rings (SSSR count). The molecule has 1 atom stereocenters. The highest BCUT2D eigenvalue weighted by Crippen LogP contribution is 2.00. The summed E-state index contributed by atoms with van der Waals surface area (Å²) in [5, 5.41) is 8.46. The molecule has 0 saturated carbocycles. The van der Waals surface area contributed by atoms with E-state index in [1.54, 1.807) is 0 Å². The zero-order valence-corrected chi connectivity index (χ0v) is 6.82. The molecule has 0 saturated heterocycles. The van der Waals surface area contributed by atoms with E-state index in [1.807, 2.05) is 0 Å². The van der Waals surface area contributed by atoms with Crippen LogP contribution in [-0.2, 0) is 0 Å². The van der Waals surface area contributed by atoms with Crippen LogP contribution in [0.1, 0.15) is 20.3 Å². The van der Waals surface area contributed by atoms with Gasteiger partial charge in [-0.05, 0) is 12.3 Å². The van der Waals surface area contributed by atoms with Crippen LogP contribution in [0.3, 0.4) is 0 Å². The van der Waals surface area contributed by atoms with Crippen molar-refractivity contribution < 1.29 is 5.11 Å². The van der Waals surface area contributed by atoms with Crippen molar-refractivity contribution in [2.45, 2.75) is 26.3 Å². The summed E-state index contributed by atoms with van der Waals surface area (Å²) in [5.41, 5.74) is 5.42. The third-order valence-electron chi connectivity index (χ3n) is 1.01. The van der Waals surface area contributed by atoms with Crippen molar-refractivity contribution in [3.05, 3.63) is 0 Å². The normalized spacial score (nSPS) is 13.0. The quantitative estimate of drug-likeness (QED) is 0.630. The highest BCUT2D eigenvalue weighted by atomic mass is 35.5. The number of rotatable bonds is 3. The molecule has 2 nitrogen and oxygen atoms in total. The molecule has 0 aromatic carbocycles. The molecule has 0 aliphatic rings. The number of hydrogen-bond acceptors (Lipinski definition) is 2. The molecule has 0 fully saturated rings. The second-order valence-electron chi connectivity index (χ2n) is 2.57. The van der Waals surface area contributed by atoms with E-state index in [9.17, 15) is 0 Å². The highest BCUT2D eigenvalue weighted by molar-refractivity contribution is 5.85. The smallest absolute Gasteiger partial charge is 0.0582 e. The van der Waals surface area contributed by atoms with Crippen LogP contribution < -0.4 is 5.73 Å². The van der Waals surface area contributed by atoms with E-state index in [4.69, 9.17) is 10.8 Å². The van der Waals surface area contributed by atoms with Crippen LogP contribution in [0.5, 0.6) is 0 Å². The maximum atomic E-state index is 8.46. The molecular formula is C6H16ClNO. The summed E-state index contributed by atoms with van der Waals surface area (Å²) in [7, 11) is 0. The van der Waals surface area contributed by atoms with Gasteiger partial charge in [0.1, 0.15) is 0 Å². The van der Waals surface area contributed by atoms with Crippen LogP contribution in [0.2, 0.25) is 0 Å². The molecule has 0 bridgehead atoms. The van der Waals surface area contributed by atoms with Crippen LogP contribution in [0.15, 0.2) is 0 Å². The second-order valence-corrected chi connectivity index (χ2v) is 2.57. The number of aliphatic hydroxyl groups is 1. The first kappa shape index (κ1) is 11.9. The molecule has 3 N–H and O–H groups in total. The van der Waals surface area contributed by atoms with Crippen LogP contribution in [0, 0.1) is 5.92 Å². The number of halogens is 1. The summed E-state index contributed by atoms with van der Waals surface area (Å²) < 4.78 is 0. The fraction of sp³-hybridized carbons (Fsp3) is 1.00. The fourth-order valence-corrected chi connectivity index (χ4v) is 0.680. The molecule has 0 amide bonds. The largest absolute Gasteiger partial charge is 0.395 e. The third kappa shape index (κ3) is 8.21. The Labute approximate surface area is 62.9 Å². The Morgan fingerprint density at radius 3 is 2.00 bits per heavy atom. The average molecular weight is 154 g/mol. The summed E-state index contributed by atoms with van der Waals surface area (Å²) in [6.07, 6.45) is 0.913. The zero-order chi connectivity index (χ0) is 6.57. The molecule has 0 aromatic rings. The topological polar surface area (TPSA) is 46.2 Å². The second kappa shape index (κ2) is 6.33. The molecular weight excluding hydrogens is 138 g/mol. The van der Waals surface area contributed by atoms with Crippen LogP contribution in [-0.4, -0.2) is 17.8 Å². The summed E-state index contributed by atoms with van der Waals surface area (Å²) >= 11 is 0. The van der Waals surface area contributed by atoms with Crippen molar-refractivity contribution in [2.75, 3.05) is 6.61 Å². The van der Waals surface area contributed by atoms with Crippen molar-refractivity contribution >= 4 is 12.4 Å². The molecule has 0 unspecified atom stereocenters. The molecule has 0 heterocycles. The predicted octanol–water partition coefficient (Wildman–Crippen LogP) is 0.774. The van der Waals surface area contributed by atoms with E-state index in [0.717, 1.165) is 6.42 Å². The first-order valence-corrected chi connectivity index (χ1v) is 3.03. The van der Waals surface area contributed by atoms with E-state index in [1.165, 1.54) is 0 Å². The minimum atomic E-state index is -0.0185. The third-order valence-corrected chi connectivity index (χ3v) is 1.01. The molecule has 0 radical (unpaired) electrons. The van der Waals surface area contributed by atoms with Crippen molar-refractivity contribution in [3.63, 3.8) is 0 Å². The van der Waals surface area contributed by atoms with Gasteiger partial charge in [-0.1, -0.05) is 13.8 Å². The lowest BCUT2D eigenvalue weighted by Gasteiger charge is -2.09. The molecule has 0 aliphatic heterocycles. The molecule has 9 heavy (non-hydrogen) atoms. The van der Waals surface area contributed by atoms with Gasteiger partial charge in [-0.3, -0.25) is 0 Å². The molecule has 3 heteroatoms. The minimum Gasteiger partial charge on any atom is -0.395 e. The average Bonchev–Trinajstić information content (AvgIpc) is 1.65. The Morgan fingerprint density at radius 2 is 1.89 bits per heavy atom. The monoisotopic (exact) mass is 153 g/mol. The van der Waals surface area contributed by atoms with Crippen molar-refractivity contribution in [3.8, 4) is 0 Å². The van der Waals surface area contributed by atoms with E-state index >= 15 is 0 Å². The van der Waals surface area contributed by atoms with Crippen LogP contribution in [0.25, 0.3) is 0 Å². The Morgan fingerprint density at radius 1 is 1.44 bits per heavy atom. The van der Waals surface area contributed by atoms with E-state index in [-0.39, 0.29) is 25.1 Å². The van der Waals surface area contributed by atoms with Gasteiger partial charge < -0.3 is 10.8 Å². The lowest BCUT2D eigenvalue weighted by atomic mass is 10.1. The van der Waals surface area contributed by atoms with Crippen LogP contribution in [0.4, 0.5) is 0 Å². The maximum Gasteiger partial charge on any atom is 0.0582 e. The number of aliphatic hydroxyl groups excluding tert-OH is 1. The summed E-state index contributed by atoms with van der Waals surface area (Å²) in [6, 6.07) is -0.0185. The van der Waals surface area contributed by atoms with E-state index in [2.05, 4.69) is 13.8 Å².